The van der Waals surface area contributed by atoms with Gasteiger partial charge in [0.1, 0.15) is 17.9 Å². The molecule has 0 spiro atoms. The van der Waals surface area contributed by atoms with Crippen LogP contribution < -0.4 is 4.74 Å². The first-order chi connectivity index (χ1) is 8.78. The Labute approximate surface area is 105 Å². The lowest BCUT2D eigenvalue weighted by Crippen LogP contribution is -2.01. The molecule has 0 N–H and O–H groups in total. The molecule has 0 bridgehead atoms. The van der Waals surface area contributed by atoms with Gasteiger partial charge in [0.25, 0.3) is 0 Å². The van der Waals surface area contributed by atoms with Crippen LogP contribution in [0.1, 0.15) is 15.9 Å². The first-order valence-corrected chi connectivity index (χ1v) is 5.70. The summed E-state index contributed by atoms with van der Waals surface area (Å²) in [6, 6.07) is 13.3. The Morgan fingerprint density at radius 1 is 1.00 bits per heavy atom. The summed E-state index contributed by atoms with van der Waals surface area (Å²) >= 11 is 0. The van der Waals surface area contributed by atoms with Gasteiger partial charge < -0.3 is 4.74 Å². The zero-order valence-electron chi connectivity index (χ0n) is 9.80. The van der Waals surface area contributed by atoms with E-state index < -0.39 is 0 Å². The highest BCUT2D eigenvalue weighted by atomic mass is 19.1. The van der Waals surface area contributed by atoms with Crippen LogP contribution in [-0.4, -0.2) is 12.9 Å². The smallest absolute Gasteiger partial charge is 0.150 e. The lowest BCUT2D eigenvalue weighted by atomic mass is 10.1. The average Bonchev–Trinajstić information content (AvgIpc) is 2.42. The van der Waals surface area contributed by atoms with Crippen molar-refractivity contribution in [1.82, 2.24) is 0 Å². The fourth-order valence-electron chi connectivity index (χ4n) is 1.58. The minimum atomic E-state index is -0.232. The van der Waals surface area contributed by atoms with Crippen molar-refractivity contribution in [3.05, 3.63) is 65.5 Å². The zero-order valence-corrected chi connectivity index (χ0v) is 9.80. The summed E-state index contributed by atoms with van der Waals surface area (Å²) in [5, 5.41) is 0. The predicted molar refractivity (Wildman–Crippen MR) is 67.4 cm³/mol. The molecule has 0 unspecified atom stereocenters. The third-order valence-electron chi connectivity index (χ3n) is 2.59. The Bertz CT molecular complexity index is 503. The average molecular weight is 244 g/mol. The summed E-state index contributed by atoms with van der Waals surface area (Å²) < 4.78 is 18.2. The van der Waals surface area contributed by atoms with Crippen LogP contribution in [0.3, 0.4) is 0 Å². The molecule has 2 rings (SSSR count). The van der Waals surface area contributed by atoms with Crippen molar-refractivity contribution in [2.45, 2.75) is 6.42 Å². The molecule has 0 saturated heterocycles. The normalized spacial score (nSPS) is 10.1. The van der Waals surface area contributed by atoms with Crippen LogP contribution in [0.15, 0.2) is 48.5 Å². The van der Waals surface area contributed by atoms with E-state index in [4.69, 9.17) is 4.74 Å². The standard InChI is InChI=1S/C15H13FO2/c16-14-5-1-12(2-6-14)9-10-18-15-7-3-13(11-17)4-8-15/h1-8,11H,9-10H2. The van der Waals surface area contributed by atoms with Gasteiger partial charge in [0, 0.05) is 12.0 Å². The molecule has 0 aliphatic carbocycles. The van der Waals surface area contributed by atoms with Gasteiger partial charge in [0.05, 0.1) is 6.61 Å². The number of ether oxygens (including phenoxy) is 1. The van der Waals surface area contributed by atoms with Crippen molar-refractivity contribution in [1.29, 1.82) is 0 Å². The first-order valence-electron chi connectivity index (χ1n) is 5.70. The van der Waals surface area contributed by atoms with Crippen molar-refractivity contribution in [2.24, 2.45) is 0 Å². The third kappa shape index (κ3) is 3.42. The minimum Gasteiger partial charge on any atom is -0.493 e. The molecule has 0 amide bonds. The Balaban J connectivity index is 1.84. The zero-order chi connectivity index (χ0) is 12.8. The SMILES string of the molecule is O=Cc1ccc(OCCc2ccc(F)cc2)cc1. The van der Waals surface area contributed by atoms with Gasteiger partial charge in [-0.15, -0.1) is 0 Å². The maximum absolute atomic E-state index is 12.7. The van der Waals surface area contributed by atoms with Gasteiger partial charge >= 0.3 is 0 Å². The van der Waals surface area contributed by atoms with Crippen LogP contribution >= 0.6 is 0 Å². The molecule has 0 heterocycles. The van der Waals surface area contributed by atoms with Crippen molar-refractivity contribution in [2.75, 3.05) is 6.61 Å². The van der Waals surface area contributed by atoms with E-state index in [-0.39, 0.29) is 5.82 Å². The van der Waals surface area contributed by atoms with Crippen molar-refractivity contribution < 1.29 is 13.9 Å². The number of rotatable bonds is 5. The van der Waals surface area contributed by atoms with Gasteiger partial charge in [0.15, 0.2) is 0 Å². The van der Waals surface area contributed by atoms with E-state index in [0.717, 1.165) is 24.0 Å². The van der Waals surface area contributed by atoms with E-state index >= 15 is 0 Å². The fourth-order valence-corrected chi connectivity index (χ4v) is 1.58. The molecule has 2 aromatic rings. The molecule has 0 fully saturated rings. The first kappa shape index (κ1) is 12.3. The van der Waals surface area contributed by atoms with Crippen molar-refractivity contribution in [3.63, 3.8) is 0 Å². The minimum absolute atomic E-state index is 0.232. The topological polar surface area (TPSA) is 26.3 Å². The van der Waals surface area contributed by atoms with E-state index in [1.165, 1.54) is 12.1 Å². The van der Waals surface area contributed by atoms with Crippen LogP contribution in [0.25, 0.3) is 0 Å². The number of halogens is 1. The second kappa shape index (κ2) is 5.96. The summed E-state index contributed by atoms with van der Waals surface area (Å²) in [6.07, 6.45) is 1.51. The molecule has 92 valence electrons. The van der Waals surface area contributed by atoms with Crippen LogP contribution in [0.4, 0.5) is 4.39 Å². The lowest BCUT2D eigenvalue weighted by Gasteiger charge is -2.06. The third-order valence-corrected chi connectivity index (χ3v) is 2.59. The molecule has 18 heavy (non-hydrogen) atoms. The van der Waals surface area contributed by atoms with E-state index in [9.17, 15) is 9.18 Å². The van der Waals surface area contributed by atoms with E-state index in [0.29, 0.717) is 12.2 Å². The molecular formula is C15H13FO2. The number of carbonyl (C=O) groups excluding carboxylic acids is 1. The van der Waals surface area contributed by atoms with E-state index in [2.05, 4.69) is 0 Å². The molecule has 0 saturated carbocycles. The largest absolute Gasteiger partial charge is 0.493 e. The summed E-state index contributed by atoms with van der Waals surface area (Å²) in [4.78, 5) is 10.5. The predicted octanol–water partition coefficient (Wildman–Crippen LogP) is 3.26. The van der Waals surface area contributed by atoms with E-state index in [1.807, 2.05) is 0 Å². The second-order valence-corrected chi connectivity index (χ2v) is 3.91. The molecule has 2 nitrogen and oxygen atoms in total. The van der Waals surface area contributed by atoms with Gasteiger partial charge in [0.2, 0.25) is 0 Å². The maximum Gasteiger partial charge on any atom is 0.150 e. The van der Waals surface area contributed by atoms with Gasteiger partial charge in [-0.25, -0.2) is 4.39 Å². The maximum atomic E-state index is 12.7. The summed E-state index contributed by atoms with van der Waals surface area (Å²) in [5.41, 5.74) is 1.65. The molecule has 0 aliphatic rings. The molecule has 0 aliphatic heterocycles. The van der Waals surface area contributed by atoms with Crippen LogP contribution in [0.5, 0.6) is 5.75 Å². The molecule has 3 heteroatoms. The second-order valence-electron chi connectivity index (χ2n) is 3.91. The highest BCUT2D eigenvalue weighted by Crippen LogP contribution is 2.12. The van der Waals surface area contributed by atoms with Crippen LogP contribution in [0.2, 0.25) is 0 Å². The Morgan fingerprint density at radius 2 is 1.67 bits per heavy atom. The van der Waals surface area contributed by atoms with Gasteiger partial charge in [-0.3, -0.25) is 4.79 Å². The van der Waals surface area contributed by atoms with Gasteiger partial charge in [-0.1, -0.05) is 12.1 Å². The molecule has 0 radical (unpaired) electrons. The number of carbonyl (C=O) groups is 1. The fraction of sp³-hybridized carbons (Fsp3) is 0.133. The Hall–Kier alpha value is -2.16. The molecule has 0 aromatic heterocycles. The number of aldehydes is 1. The van der Waals surface area contributed by atoms with Crippen molar-refractivity contribution >= 4 is 6.29 Å². The number of hydrogen-bond acceptors (Lipinski definition) is 2. The van der Waals surface area contributed by atoms with Crippen molar-refractivity contribution in [3.8, 4) is 5.75 Å². The molecular weight excluding hydrogens is 231 g/mol. The highest BCUT2D eigenvalue weighted by molar-refractivity contribution is 5.74. The van der Waals surface area contributed by atoms with Gasteiger partial charge in [-0.05, 0) is 42.0 Å². The molecule has 0 atom stereocenters. The summed E-state index contributed by atoms with van der Waals surface area (Å²) in [5.74, 6) is 0.492. The summed E-state index contributed by atoms with van der Waals surface area (Å²) in [6.45, 7) is 0.520. The lowest BCUT2D eigenvalue weighted by molar-refractivity contribution is 0.112. The quantitative estimate of drug-likeness (QED) is 0.754. The Morgan fingerprint density at radius 3 is 2.28 bits per heavy atom. The Kier molecular flexibility index (Phi) is 4.07. The van der Waals surface area contributed by atoms with Gasteiger partial charge in [-0.2, -0.15) is 0 Å². The number of benzene rings is 2. The summed E-state index contributed by atoms with van der Waals surface area (Å²) in [7, 11) is 0. The van der Waals surface area contributed by atoms with Crippen LogP contribution in [-0.2, 0) is 6.42 Å². The van der Waals surface area contributed by atoms with Crippen LogP contribution in [0, 0.1) is 5.82 Å². The number of hydrogen-bond donors (Lipinski definition) is 0. The molecule has 2 aromatic carbocycles. The van der Waals surface area contributed by atoms with E-state index in [1.54, 1.807) is 36.4 Å². The highest BCUT2D eigenvalue weighted by Gasteiger charge is 1.97. The monoisotopic (exact) mass is 244 g/mol.